The number of para-hydroxylation sites is 2. The number of hydrogen-bond donors (Lipinski definition) is 0. The molecule has 3 aromatic rings. The zero-order valence-corrected chi connectivity index (χ0v) is 14.8. The zero-order valence-electron chi connectivity index (χ0n) is 14.8. The smallest absolute Gasteiger partial charge is 0.261 e. The summed E-state index contributed by atoms with van der Waals surface area (Å²) in [5.41, 5.74) is 1.56. The van der Waals surface area contributed by atoms with E-state index < -0.39 is 0 Å². The zero-order chi connectivity index (χ0) is 18.6. The summed E-state index contributed by atoms with van der Waals surface area (Å²) in [6.45, 7) is 1.96. The van der Waals surface area contributed by atoms with Gasteiger partial charge in [-0.2, -0.15) is 5.10 Å². The van der Waals surface area contributed by atoms with Crippen molar-refractivity contribution in [1.82, 2.24) is 9.78 Å². The van der Waals surface area contributed by atoms with Crippen LogP contribution in [0.4, 0.5) is 10.1 Å². The van der Waals surface area contributed by atoms with Gasteiger partial charge in [-0.25, -0.2) is 9.07 Å². The fourth-order valence-corrected chi connectivity index (χ4v) is 3.26. The molecule has 138 valence electrons. The largest absolute Gasteiger partial charge is 0.381 e. The Morgan fingerprint density at radius 3 is 2.70 bits per heavy atom. The highest BCUT2D eigenvalue weighted by molar-refractivity contribution is 6.05. The number of carbonyl (C=O) groups is 1. The molecule has 1 aromatic heterocycles. The Balaban J connectivity index is 1.62. The number of anilines is 1. The third-order valence-electron chi connectivity index (χ3n) is 4.71. The summed E-state index contributed by atoms with van der Waals surface area (Å²) >= 11 is 0. The summed E-state index contributed by atoms with van der Waals surface area (Å²) in [6.07, 6.45) is 3.99. The lowest BCUT2D eigenvalue weighted by Gasteiger charge is -2.25. The minimum atomic E-state index is -0.386. The molecule has 1 saturated heterocycles. The van der Waals surface area contributed by atoms with Crippen LogP contribution in [0.2, 0.25) is 0 Å². The van der Waals surface area contributed by atoms with Crippen LogP contribution < -0.4 is 4.90 Å². The van der Waals surface area contributed by atoms with E-state index in [-0.39, 0.29) is 11.7 Å². The monoisotopic (exact) mass is 365 g/mol. The van der Waals surface area contributed by atoms with Crippen LogP contribution in [-0.4, -0.2) is 35.4 Å². The second-order valence-corrected chi connectivity index (χ2v) is 6.61. The van der Waals surface area contributed by atoms with E-state index >= 15 is 0 Å². The molecule has 0 saturated carbocycles. The Morgan fingerprint density at radius 2 is 1.96 bits per heavy atom. The SMILES string of the molecule is O=C(c1cnn(-c2ccccc2F)c1)N(CC1CCOC1)c1ccccc1. The minimum absolute atomic E-state index is 0.157. The van der Waals surface area contributed by atoms with Gasteiger partial charge in [0.15, 0.2) is 0 Å². The Morgan fingerprint density at radius 1 is 1.19 bits per heavy atom. The van der Waals surface area contributed by atoms with Gasteiger partial charge in [-0.15, -0.1) is 0 Å². The average molecular weight is 365 g/mol. The van der Waals surface area contributed by atoms with Gasteiger partial charge in [0.25, 0.3) is 5.91 Å². The van der Waals surface area contributed by atoms with Crippen LogP contribution in [0.25, 0.3) is 5.69 Å². The van der Waals surface area contributed by atoms with E-state index in [2.05, 4.69) is 5.10 Å². The quantitative estimate of drug-likeness (QED) is 0.693. The standard InChI is InChI=1S/C21H20FN3O2/c22-19-8-4-5-9-20(19)25-14-17(12-23-25)21(26)24(13-16-10-11-27-15-16)18-6-2-1-3-7-18/h1-9,12,14,16H,10-11,13,15H2. The maximum atomic E-state index is 14.0. The van der Waals surface area contributed by atoms with Gasteiger partial charge in [0.2, 0.25) is 0 Å². The van der Waals surface area contributed by atoms with Crippen LogP contribution >= 0.6 is 0 Å². The third-order valence-corrected chi connectivity index (χ3v) is 4.71. The van der Waals surface area contributed by atoms with Crippen LogP contribution in [0.3, 0.4) is 0 Å². The van der Waals surface area contributed by atoms with E-state index in [1.165, 1.54) is 16.9 Å². The lowest BCUT2D eigenvalue weighted by molar-refractivity contribution is 0.0981. The van der Waals surface area contributed by atoms with Crippen LogP contribution in [0.15, 0.2) is 67.0 Å². The fraction of sp³-hybridized carbons (Fsp3) is 0.238. The van der Waals surface area contributed by atoms with Crippen LogP contribution in [0, 0.1) is 11.7 Å². The number of hydrogen-bond acceptors (Lipinski definition) is 3. The number of rotatable bonds is 5. The molecule has 6 heteroatoms. The van der Waals surface area contributed by atoms with E-state index in [4.69, 9.17) is 4.74 Å². The molecule has 1 unspecified atom stereocenters. The van der Waals surface area contributed by atoms with Crippen molar-refractivity contribution in [3.63, 3.8) is 0 Å². The molecule has 0 aliphatic carbocycles. The molecule has 27 heavy (non-hydrogen) atoms. The summed E-state index contributed by atoms with van der Waals surface area (Å²) in [5, 5.41) is 4.18. The lowest BCUT2D eigenvalue weighted by atomic mass is 10.1. The Bertz CT molecular complexity index is 920. The molecule has 0 N–H and O–H groups in total. The molecule has 4 rings (SSSR count). The summed E-state index contributed by atoms with van der Waals surface area (Å²) in [6, 6.07) is 15.9. The summed E-state index contributed by atoms with van der Waals surface area (Å²) in [4.78, 5) is 15.0. The van der Waals surface area contributed by atoms with E-state index in [0.29, 0.717) is 30.3 Å². The van der Waals surface area contributed by atoms with Gasteiger partial charge in [-0.05, 0) is 30.7 Å². The predicted octanol–water partition coefficient (Wildman–Crippen LogP) is 3.69. The van der Waals surface area contributed by atoms with Gasteiger partial charge in [0.1, 0.15) is 11.5 Å². The summed E-state index contributed by atoms with van der Waals surface area (Å²) in [7, 11) is 0. The normalized spacial score (nSPS) is 16.4. The van der Waals surface area contributed by atoms with Crippen LogP contribution in [0.5, 0.6) is 0 Å². The van der Waals surface area contributed by atoms with Crippen molar-refractivity contribution in [3.05, 3.63) is 78.4 Å². The Hall–Kier alpha value is -2.99. The molecule has 2 aromatic carbocycles. The van der Waals surface area contributed by atoms with Gasteiger partial charge < -0.3 is 9.64 Å². The lowest BCUT2D eigenvalue weighted by Crippen LogP contribution is -2.35. The van der Waals surface area contributed by atoms with Crippen molar-refractivity contribution in [2.45, 2.75) is 6.42 Å². The Kier molecular flexibility index (Phi) is 4.98. The maximum absolute atomic E-state index is 14.0. The number of halogens is 1. The van der Waals surface area contributed by atoms with Gasteiger partial charge in [0.05, 0.1) is 18.4 Å². The molecule has 1 aliphatic heterocycles. The average Bonchev–Trinajstić information content (AvgIpc) is 3.39. The molecule has 0 bridgehead atoms. The number of nitrogens with zero attached hydrogens (tertiary/aromatic N) is 3. The van der Waals surface area contributed by atoms with Crippen molar-refractivity contribution < 1.29 is 13.9 Å². The maximum Gasteiger partial charge on any atom is 0.261 e. The summed E-state index contributed by atoms with van der Waals surface area (Å²) in [5.74, 6) is -0.242. The second kappa shape index (κ2) is 7.72. The first-order valence-corrected chi connectivity index (χ1v) is 8.96. The van der Waals surface area contributed by atoms with E-state index in [0.717, 1.165) is 18.7 Å². The van der Waals surface area contributed by atoms with Gasteiger partial charge in [-0.3, -0.25) is 4.79 Å². The molecule has 1 amide bonds. The van der Waals surface area contributed by atoms with Crippen molar-refractivity contribution in [1.29, 1.82) is 0 Å². The van der Waals surface area contributed by atoms with Gasteiger partial charge in [-0.1, -0.05) is 30.3 Å². The number of aromatic nitrogens is 2. The van der Waals surface area contributed by atoms with Crippen molar-refractivity contribution in [2.24, 2.45) is 5.92 Å². The molecular formula is C21H20FN3O2. The number of carbonyl (C=O) groups excluding carboxylic acids is 1. The van der Waals surface area contributed by atoms with E-state index in [1.807, 2.05) is 30.3 Å². The number of ether oxygens (including phenoxy) is 1. The topological polar surface area (TPSA) is 47.4 Å². The highest BCUT2D eigenvalue weighted by Crippen LogP contribution is 2.22. The molecular weight excluding hydrogens is 345 g/mol. The molecule has 1 atom stereocenters. The molecule has 5 nitrogen and oxygen atoms in total. The first-order valence-electron chi connectivity index (χ1n) is 8.96. The number of amides is 1. The summed E-state index contributed by atoms with van der Waals surface area (Å²) < 4.78 is 20.9. The Labute approximate surface area is 157 Å². The van der Waals surface area contributed by atoms with Crippen molar-refractivity contribution in [3.8, 4) is 5.69 Å². The van der Waals surface area contributed by atoms with Crippen LogP contribution in [0.1, 0.15) is 16.8 Å². The molecule has 2 heterocycles. The highest BCUT2D eigenvalue weighted by atomic mass is 19.1. The minimum Gasteiger partial charge on any atom is -0.381 e. The first-order chi connectivity index (χ1) is 13.2. The predicted molar refractivity (Wildman–Crippen MR) is 101 cm³/mol. The van der Waals surface area contributed by atoms with Crippen molar-refractivity contribution >= 4 is 11.6 Å². The number of benzene rings is 2. The van der Waals surface area contributed by atoms with Crippen molar-refractivity contribution in [2.75, 3.05) is 24.7 Å². The third kappa shape index (κ3) is 3.75. The molecule has 1 fully saturated rings. The van der Waals surface area contributed by atoms with Gasteiger partial charge in [0, 0.05) is 31.0 Å². The second-order valence-electron chi connectivity index (χ2n) is 6.61. The first kappa shape index (κ1) is 17.4. The molecule has 0 spiro atoms. The molecule has 1 aliphatic rings. The van der Waals surface area contributed by atoms with E-state index in [1.54, 1.807) is 29.3 Å². The highest BCUT2D eigenvalue weighted by Gasteiger charge is 2.25. The fourth-order valence-electron chi connectivity index (χ4n) is 3.26. The van der Waals surface area contributed by atoms with Gasteiger partial charge >= 0.3 is 0 Å². The van der Waals surface area contributed by atoms with E-state index in [9.17, 15) is 9.18 Å². The molecule has 0 radical (unpaired) electrons. The van der Waals surface area contributed by atoms with Crippen LogP contribution in [-0.2, 0) is 4.74 Å².